The van der Waals surface area contributed by atoms with E-state index < -0.39 is 0 Å². The van der Waals surface area contributed by atoms with Crippen molar-refractivity contribution in [2.75, 3.05) is 38.7 Å². The van der Waals surface area contributed by atoms with Gasteiger partial charge in [-0.15, -0.1) is 12.4 Å². The molecular weight excluding hydrogens is 316 g/mol. The fourth-order valence-corrected chi connectivity index (χ4v) is 2.85. The number of benzene rings is 1. The lowest BCUT2D eigenvalue weighted by Crippen LogP contribution is -2.39. The second kappa shape index (κ2) is 9.11. The number of carbonyl (C=O) groups excluding carboxylic acids is 1. The topological polar surface area (TPSA) is 59.6 Å². The molecule has 2 N–H and O–H groups in total. The number of carbonyl (C=O) groups is 1. The van der Waals surface area contributed by atoms with Gasteiger partial charge in [0.05, 0.1) is 12.0 Å². The lowest BCUT2D eigenvalue weighted by molar-refractivity contribution is -0.125. The maximum atomic E-state index is 12.8. The molecular formula is C17H27ClN2O3. The van der Waals surface area contributed by atoms with Crippen LogP contribution in [-0.2, 0) is 9.53 Å². The molecule has 0 bridgehead atoms. The molecule has 1 aliphatic rings. The molecule has 0 radical (unpaired) electrons. The average Bonchev–Trinajstić information content (AvgIpc) is 2.98. The number of anilines is 1. The summed E-state index contributed by atoms with van der Waals surface area (Å²) in [5, 5.41) is 6.37. The minimum atomic E-state index is -0.374. The first kappa shape index (κ1) is 19.7. The van der Waals surface area contributed by atoms with Crippen molar-refractivity contribution in [2.45, 2.75) is 26.7 Å². The standard InChI is InChI=1S/C17H26N2O3.ClH/c1-4-22-14-5-6-15(13(2)11-14)19-16(20)17(8-10-21-3)7-9-18-12-17;/h5-6,11,18H,4,7-10,12H2,1-3H3,(H,19,20);1H. The number of halogens is 1. The second-order valence-electron chi connectivity index (χ2n) is 5.81. The zero-order valence-corrected chi connectivity index (χ0v) is 14.9. The first-order valence-corrected chi connectivity index (χ1v) is 7.86. The number of aryl methyl sites for hydroxylation is 1. The minimum absolute atomic E-state index is 0. The van der Waals surface area contributed by atoms with E-state index in [1.165, 1.54) is 0 Å². The van der Waals surface area contributed by atoms with Crippen LogP contribution in [0.3, 0.4) is 0 Å². The molecule has 1 heterocycles. The van der Waals surface area contributed by atoms with Gasteiger partial charge in [0.1, 0.15) is 5.75 Å². The summed E-state index contributed by atoms with van der Waals surface area (Å²) in [4.78, 5) is 12.8. The van der Waals surface area contributed by atoms with Crippen LogP contribution in [0.15, 0.2) is 18.2 Å². The van der Waals surface area contributed by atoms with Gasteiger partial charge in [0.2, 0.25) is 5.91 Å². The summed E-state index contributed by atoms with van der Waals surface area (Å²) in [5.41, 5.74) is 1.48. The van der Waals surface area contributed by atoms with Crippen LogP contribution in [-0.4, -0.2) is 39.3 Å². The van der Waals surface area contributed by atoms with E-state index in [1.807, 2.05) is 32.0 Å². The molecule has 1 amide bonds. The number of ether oxygens (including phenoxy) is 2. The number of methoxy groups -OCH3 is 1. The van der Waals surface area contributed by atoms with Crippen LogP contribution in [0, 0.1) is 12.3 Å². The van der Waals surface area contributed by atoms with Gasteiger partial charge >= 0.3 is 0 Å². The number of amides is 1. The van der Waals surface area contributed by atoms with Crippen molar-refractivity contribution in [2.24, 2.45) is 5.41 Å². The first-order chi connectivity index (χ1) is 10.6. The van der Waals surface area contributed by atoms with Crippen molar-refractivity contribution < 1.29 is 14.3 Å². The molecule has 1 aliphatic heterocycles. The van der Waals surface area contributed by atoms with E-state index in [1.54, 1.807) is 7.11 Å². The Kier molecular flexibility index (Phi) is 7.82. The fourth-order valence-electron chi connectivity index (χ4n) is 2.85. The lowest BCUT2D eigenvalue weighted by atomic mass is 9.82. The van der Waals surface area contributed by atoms with Crippen LogP contribution in [0.4, 0.5) is 5.69 Å². The van der Waals surface area contributed by atoms with E-state index in [9.17, 15) is 4.79 Å². The highest BCUT2D eigenvalue weighted by atomic mass is 35.5. The van der Waals surface area contributed by atoms with E-state index in [0.29, 0.717) is 19.8 Å². The molecule has 0 aromatic heterocycles. The summed E-state index contributed by atoms with van der Waals surface area (Å²) >= 11 is 0. The molecule has 6 heteroatoms. The summed E-state index contributed by atoms with van der Waals surface area (Å²) in [7, 11) is 1.67. The molecule has 23 heavy (non-hydrogen) atoms. The van der Waals surface area contributed by atoms with Gasteiger partial charge in [0, 0.05) is 25.9 Å². The van der Waals surface area contributed by atoms with Crippen molar-refractivity contribution in [3.63, 3.8) is 0 Å². The molecule has 130 valence electrons. The Labute approximate surface area is 144 Å². The number of hydrogen-bond acceptors (Lipinski definition) is 4. The van der Waals surface area contributed by atoms with E-state index in [4.69, 9.17) is 9.47 Å². The second-order valence-corrected chi connectivity index (χ2v) is 5.81. The lowest BCUT2D eigenvalue weighted by Gasteiger charge is -2.27. The third kappa shape index (κ3) is 4.83. The van der Waals surface area contributed by atoms with Gasteiger partial charge in [0.25, 0.3) is 0 Å². The van der Waals surface area contributed by atoms with Gasteiger partial charge in [-0.1, -0.05) is 0 Å². The van der Waals surface area contributed by atoms with Crippen molar-refractivity contribution in [3.05, 3.63) is 23.8 Å². The Bertz CT molecular complexity index is 517. The number of rotatable bonds is 7. The van der Waals surface area contributed by atoms with E-state index in [0.717, 1.165) is 36.4 Å². The Balaban J connectivity index is 0.00000264. The summed E-state index contributed by atoms with van der Waals surface area (Å²) in [6, 6.07) is 5.75. The normalized spacial score (nSPS) is 20.0. The molecule has 1 saturated heterocycles. The Morgan fingerprint density at radius 2 is 2.22 bits per heavy atom. The molecule has 0 saturated carbocycles. The predicted octanol–water partition coefficient (Wildman–Crippen LogP) is 2.77. The highest BCUT2D eigenvalue weighted by Gasteiger charge is 2.40. The van der Waals surface area contributed by atoms with Gasteiger partial charge in [-0.25, -0.2) is 0 Å². The molecule has 1 aromatic rings. The first-order valence-electron chi connectivity index (χ1n) is 7.86. The fraction of sp³-hybridized carbons (Fsp3) is 0.588. The van der Waals surface area contributed by atoms with Crippen molar-refractivity contribution in [3.8, 4) is 5.75 Å². The SMILES string of the molecule is CCOc1ccc(NC(=O)C2(CCOC)CCNC2)c(C)c1.Cl. The van der Waals surface area contributed by atoms with E-state index in [-0.39, 0.29) is 23.7 Å². The molecule has 1 fully saturated rings. The van der Waals surface area contributed by atoms with E-state index in [2.05, 4.69) is 10.6 Å². The minimum Gasteiger partial charge on any atom is -0.494 e. The molecule has 1 unspecified atom stereocenters. The highest BCUT2D eigenvalue weighted by Crippen LogP contribution is 2.32. The largest absolute Gasteiger partial charge is 0.494 e. The summed E-state index contributed by atoms with van der Waals surface area (Å²) in [6.45, 7) is 6.75. The smallest absolute Gasteiger partial charge is 0.232 e. The quantitative estimate of drug-likeness (QED) is 0.800. The van der Waals surface area contributed by atoms with Crippen LogP contribution >= 0.6 is 12.4 Å². The van der Waals surface area contributed by atoms with Crippen LogP contribution < -0.4 is 15.4 Å². The Hall–Kier alpha value is -1.30. The maximum absolute atomic E-state index is 12.8. The van der Waals surface area contributed by atoms with Gasteiger partial charge in [-0.3, -0.25) is 4.79 Å². The Morgan fingerprint density at radius 3 is 2.78 bits per heavy atom. The van der Waals surface area contributed by atoms with Crippen molar-refractivity contribution in [1.82, 2.24) is 5.32 Å². The van der Waals surface area contributed by atoms with Crippen LogP contribution in [0.5, 0.6) is 5.75 Å². The maximum Gasteiger partial charge on any atom is 0.232 e. The molecule has 1 atom stereocenters. The monoisotopic (exact) mass is 342 g/mol. The number of hydrogen-bond donors (Lipinski definition) is 2. The van der Waals surface area contributed by atoms with Crippen LogP contribution in [0.1, 0.15) is 25.3 Å². The third-order valence-corrected chi connectivity index (χ3v) is 4.27. The molecule has 2 rings (SSSR count). The number of nitrogens with one attached hydrogen (secondary N) is 2. The molecule has 1 aromatic carbocycles. The van der Waals surface area contributed by atoms with Crippen molar-refractivity contribution in [1.29, 1.82) is 0 Å². The Morgan fingerprint density at radius 1 is 1.43 bits per heavy atom. The molecule has 0 spiro atoms. The summed E-state index contributed by atoms with van der Waals surface area (Å²) in [6.07, 6.45) is 1.58. The average molecular weight is 343 g/mol. The highest BCUT2D eigenvalue weighted by molar-refractivity contribution is 5.96. The van der Waals surface area contributed by atoms with Crippen LogP contribution in [0.25, 0.3) is 0 Å². The predicted molar refractivity (Wildman–Crippen MR) is 94.6 cm³/mol. The third-order valence-electron chi connectivity index (χ3n) is 4.27. The summed E-state index contributed by atoms with van der Waals surface area (Å²) in [5.74, 6) is 0.899. The molecule has 5 nitrogen and oxygen atoms in total. The van der Waals surface area contributed by atoms with Gasteiger partial charge < -0.3 is 20.1 Å². The van der Waals surface area contributed by atoms with Crippen LogP contribution in [0.2, 0.25) is 0 Å². The summed E-state index contributed by atoms with van der Waals surface area (Å²) < 4.78 is 10.7. The van der Waals surface area contributed by atoms with Crippen molar-refractivity contribution >= 4 is 24.0 Å². The zero-order valence-electron chi connectivity index (χ0n) is 14.1. The van der Waals surface area contributed by atoms with Gasteiger partial charge in [-0.05, 0) is 57.0 Å². The zero-order chi connectivity index (χ0) is 16.0. The molecule has 0 aliphatic carbocycles. The van der Waals surface area contributed by atoms with E-state index >= 15 is 0 Å². The van der Waals surface area contributed by atoms with Gasteiger partial charge in [0.15, 0.2) is 0 Å². The van der Waals surface area contributed by atoms with Gasteiger partial charge in [-0.2, -0.15) is 0 Å².